The molecule has 1 aromatic heterocycles. The number of nitrogens with zero attached hydrogens (tertiary/aromatic N) is 2. The molecule has 0 amide bonds. The van der Waals surface area contributed by atoms with Crippen molar-refractivity contribution in [2.45, 2.75) is 32.6 Å². The maximum Gasteiger partial charge on any atom is 0.149 e. The third-order valence-electron chi connectivity index (χ3n) is 3.69. The van der Waals surface area contributed by atoms with Crippen LogP contribution in [0.5, 0.6) is 0 Å². The molecular formula is C13H22N4. The van der Waals surface area contributed by atoms with Crippen LogP contribution in [0.1, 0.15) is 32.6 Å². The van der Waals surface area contributed by atoms with E-state index in [-0.39, 0.29) is 0 Å². The first-order chi connectivity index (χ1) is 8.20. The van der Waals surface area contributed by atoms with Gasteiger partial charge in [0.25, 0.3) is 0 Å². The van der Waals surface area contributed by atoms with Gasteiger partial charge >= 0.3 is 0 Å². The lowest BCUT2D eigenvalue weighted by Gasteiger charge is -2.22. The predicted octanol–water partition coefficient (Wildman–Crippen LogP) is 2.26. The number of pyridine rings is 1. The van der Waals surface area contributed by atoms with Crippen molar-refractivity contribution in [1.29, 1.82) is 0 Å². The summed E-state index contributed by atoms with van der Waals surface area (Å²) in [7, 11) is 0. The van der Waals surface area contributed by atoms with Crippen molar-refractivity contribution >= 4 is 17.3 Å². The van der Waals surface area contributed by atoms with Crippen LogP contribution in [0.25, 0.3) is 0 Å². The van der Waals surface area contributed by atoms with Crippen LogP contribution in [0.15, 0.2) is 12.1 Å². The Bertz CT molecular complexity index is 378. The Kier molecular flexibility index (Phi) is 3.71. The van der Waals surface area contributed by atoms with E-state index < -0.39 is 0 Å². The van der Waals surface area contributed by atoms with E-state index in [2.05, 4.69) is 16.8 Å². The number of aromatic nitrogens is 1. The van der Waals surface area contributed by atoms with Gasteiger partial charge in [-0.1, -0.05) is 13.3 Å². The summed E-state index contributed by atoms with van der Waals surface area (Å²) in [6.07, 6.45) is 5.11. The monoisotopic (exact) mass is 234 g/mol. The average Bonchev–Trinajstić information content (AvgIpc) is 2.58. The molecule has 1 aliphatic heterocycles. The second-order valence-corrected chi connectivity index (χ2v) is 4.84. The van der Waals surface area contributed by atoms with Gasteiger partial charge in [-0.3, -0.25) is 0 Å². The summed E-state index contributed by atoms with van der Waals surface area (Å²) in [5.74, 6) is 2.28. The summed E-state index contributed by atoms with van der Waals surface area (Å²) in [5, 5.41) is 0. The summed E-state index contributed by atoms with van der Waals surface area (Å²) in [6.45, 7) is 4.43. The van der Waals surface area contributed by atoms with E-state index in [9.17, 15) is 0 Å². The normalized spacial score (nSPS) is 21.2. The van der Waals surface area contributed by atoms with E-state index in [4.69, 9.17) is 11.5 Å². The predicted molar refractivity (Wildman–Crippen MR) is 72.9 cm³/mol. The van der Waals surface area contributed by atoms with Crippen LogP contribution in [-0.4, -0.2) is 18.1 Å². The van der Waals surface area contributed by atoms with Gasteiger partial charge in [-0.05, 0) is 37.3 Å². The van der Waals surface area contributed by atoms with E-state index in [1.54, 1.807) is 0 Å². The van der Waals surface area contributed by atoms with E-state index >= 15 is 0 Å². The van der Waals surface area contributed by atoms with Crippen LogP contribution in [0.2, 0.25) is 0 Å². The average molecular weight is 234 g/mol. The Labute approximate surface area is 103 Å². The summed E-state index contributed by atoms with van der Waals surface area (Å²) < 4.78 is 0. The molecule has 0 spiro atoms. The lowest BCUT2D eigenvalue weighted by atomic mass is 9.98. The molecular weight excluding hydrogens is 212 g/mol. The number of hydrogen-bond donors (Lipinski definition) is 2. The third-order valence-corrected chi connectivity index (χ3v) is 3.69. The molecule has 4 N–H and O–H groups in total. The Morgan fingerprint density at radius 3 is 2.82 bits per heavy atom. The molecule has 1 fully saturated rings. The molecule has 1 aliphatic rings. The van der Waals surface area contributed by atoms with Gasteiger partial charge in [-0.2, -0.15) is 0 Å². The Morgan fingerprint density at radius 2 is 2.12 bits per heavy atom. The number of nitrogens with two attached hydrogens (primary N) is 2. The fraction of sp³-hybridized carbons (Fsp3) is 0.615. The molecule has 0 saturated carbocycles. The van der Waals surface area contributed by atoms with E-state index in [0.29, 0.717) is 11.5 Å². The Morgan fingerprint density at radius 1 is 1.29 bits per heavy atom. The largest absolute Gasteiger partial charge is 0.396 e. The molecule has 17 heavy (non-hydrogen) atoms. The zero-order valence-corrected chi connectivity index (χ0v) is 10.5. The summed E-state index contributed by atoms with van der Waals surface area (Å²) >= 11 is 0. The van der Waals surface area contributed by atoms with E-state index in [0.717, 1.165) is 24.8 Å². The molecule has 4 nitrogen and oxygen atoms in total. The zero-order valence-electron chi connectivity index (χ0n) is 10.5. The number of nitrogen functional groups attached to an aromatic ring is 2. The van der Waals surface area contributed by atoms with Crippen LogP contribution in [0.4, 0.5) is 17.3 Å². The van der Waals surface area contributed by atoms with Crippen molar-refractivity contribution in [2.75, 3.05) is 29.5 Å². The number of hydrogen-bond acceptors (Lipinski definition) is 4. The van der Waals surface area contributed by atoms with Crippen LogP contribution >= 0.6 is 0 Å². The first kappa shape index (κ1) is 12.0. The topological polar surface area (TPSA) is 68.2 Å². The van der Waals surface area contributed by atoms with Crippen molar-refractivity contribution in [3.05, 3.63) is 12.1 Å². The summed E-state index contributed by atoms with van der Waals surface area (Å²) in [5.41, 5.74) is 12.0. The summed E-state index contributed by atoms with van der Waals surface area (Å²) in [4.78, 5) is 6.69. The lowest BCUT2D eigenvalue weighted by Crippen LogP contribution is -2.25. The molecule has 1 aromatic rings. The van der Waals surface area contributed by atoms with Gasteiger partial charge in [-0.25, -0.2) is 4.98 Å². The molecule has 0 aliphatic carbocycles. The van der Waals surface area contributed by atoms with Gasteiger partial charge in [0.1, 0.15) is 11.6 Å². The van der Waals surface area contributed by atoms with Gasteiger partial charge in [-0.15, -0.1) is 0 Å². The van der Waals surface area contributed by atoms with Crippen molar-refractivity contribution in [3.8, 4) is 0 Å². The van der Waals surface area contributed by atoms with E-state index in [1.807, 2.05) is 12.1 Å². The molecule has 4 heteroatoms. The van der Waals surface area contributed by atoms with Gasteiger partial charge < -0.3 is 16.4 Å². The molecule has 1 saturated heterocycles. The SMILES string of the molecule is CCC1CCCN(c2ccc(N)c(N)n2)CC1. The Hall–Kier alpha value is -1.45. The van der Waals surface area contributed by atoms with Gasteiger partial charge in [0.05, 0.1) is 5.69 Å². The molecule has 1 unspecified atom stereocenters. The highest BCUT2D eigenvalue weighted by molar-refractivity contribution is 5.62. The second-order valence-electron chi connectivity index (χ2n) is 4.84. The van der Waals surface area contributed by atoms with Crippen LogP contribution < -0.4 is 16.4 Å². The maximum absolute atomic E-state index is 5.76. The van der Waals surface area contributed by atoms with Crippen molar-refractivity contribution in [3.63, 3.8) is 0 Å². The number of anilines is 3. The molecule has 94 valence electrons. The van der Waals surface area contributed by atoms with Crippen molar-refractivity contribution in [1.82, 2.24) is 4.98 Å². The third kappa shape index (κ3) is 2.81. The van der Waals surface area contributed by atoms with Crippen molar-refractivity contribution < 1.29 is 0 Å². The van der Waals surface area contributed by atoms with Crippen LogP contribution in [0.3, 0.4) is 0 Å². The first-order valence-electron chi connectivity index (χ1n) is 6.47. The Balaban J connectivity index is 2.08. The molecule has 2 rings (SSSR count). The lowest BCUT2D eigenvalue weighted by molar-refractivity contribution is 0.459. The van der Waals surface area contributed by atoms with Crippen LogP contribution in [-0.2, 0) is 0 Å². The van der Waals surface area contributed by atoms with E-state index in [1.165, 1.54) is 25.7 Å². The zero-order chi connectivity index (χ0) is 12.3. The summed E-state index contributed by atoms with van der Waals surface area (Å²) in [6, 6.07) is 3.82. The second kappa shape index (κ2) is 5.25. The number of rotatable bonds is 2. The molecule has 2 heterocycles. The standard InChI is InChI=1S/C13H22N4/c1-2-10-4-3-8-17(9-7-10)12-6-5-11(14)13(15)16-12/h5-6,10H,2-4,7-9,14H2,1H3,(H2,15,16). The first-order valence-corrected chi connectivity index (χ1v) is 6.47. The van der Waals surface area contributed by atoms with Crippen molar-refractivity contribution in [2.24, 2.45) is 5.92 Å². The van der Waals surface area contributed by atoms with Crippen LogP contribution in [0, 0.1) is 5.92 Å². The fourth-order valence-corrected chi connectivity index (χ4v) is 2.45. The smallest absolute Gasteiger partial charge is 0.149 e. The van der Waals surface area contributed by atoms with Gasteiger partial charge in [0.15, 0.2) is 0 Å². The molecule has 1 atom stereocenters. The minimum Gasteiger partial charge on any atom is -0.396 e. The highest BCUT2D eigenvalue weighted by Gasteiger charge is 2.17. The minimum atomic E-state index is 0.443. The minimum absolute atomic E-state index is 0.443. The highest BCUT2D eigenvalue weighted by atomic mass is 15.2. The highest BCUT2D eigenvalue weighted by Crippen LogP contribution is 2.25. The maximum atomic E-state index is 5.76. The molecule has 0 aromatic carbocycles. The van der Waals surface area contributed by atoms with Gasteiger partial charge in [0.2, 0.25) is 0 Å². The molecule has 0 radical (unpaired) electrons. The fourth-order valence-electron chi connectivity index (χ4n) is 2.45. The molecule has 0 bridgehead atoms. The van der Waals surface area contributed by atoms with Gasteiger partial charge in [0, 0.05) is 13.1 Å². The quantitative estimate of drug-likeness (QED) is 0.823.